The molecule has 0 radical (unpaired) electrons. The number of rotatable bonds is 4. The summed E-state index contributed by atoms with van der Waals surface area (Å²) in [5.41, 5.74) is -0.0963. The zero-order valence-electron chi connectivity index (χ0n) is 8.81. The normalized spacial score (nSPS) is 13.8. The monoisotopic (exact) mass is 235 g/mol. The van der Waals surface area contributed by atoms with Crippen molar-refractivity contribution in [3.63, 3.8) is 0 Å². The topological polar surface area (TPSA) is 12.0 Å². The summed E-state index contributed by atoms with van der Waals surface area (Å²) < 4.78 is 50.9. The molecule has 0 amide bonds. The highest BCUT2D eigenvalue weighted by molar-refractivity contribution is 5.21. The summed E-state index contributed by atoms with van der Waals surface area (Å²) >= 11 is 0. The minimum atomic E-state index is -4.41. The number of nitrogens with one attached hydrogen (secondary N) is 1. The Morgan fingerprint density at radius 3 is 2.50 bits per heavy atom. The first-order valence-electron chi connectivity index (χ1n) is 5.00. The van der Waals surface area contributed by atoms with Crippen LogP contribution in [0.25, 0.3) is 0 Å². The summed E-state index contributed by atoms with van der Waals surface area (Å²) in [6.45, 7) is 2.01. The van der Waals surface area contributed by atoms with Crippen molar-refractivity contribution in [2.24, 2.45) is 0 Å². The van der Waals surface area contributed by atoms with Crippen molar-refractivity contribution in [3.05, 3.63) is 35.6 Å². The molecular formula is C11H13F4N. The lowest BCUT2D eigenvalue weighted by Gasteiger charge is -2.21. The van der Waals surface area contributed by atoms with Gasteiger partial charge in [0.2, 0.25) is 0 Å². The molecule has 0 spiro atoms. The fraction of sp³-hybridized carbons (Fsp3) is 0.455. The molecule has 0 fully saturated rings. The molecule has 0 aliphatic heterocycles. The number of hydrogen-bond acceptors (Lipinski definition) is 1. The predicted octanol–water partition coefficient (Wildman–Crippen LogP) is 3.43. The Kier molecular flexibility index (Phi) is 4.29. The fourth-order valence-corrected chi connectivity index (χ4v) is 1.40. The molecule has 90 valence electrons. The SMILES string of the molecule is CCCNC(c1cccc(F)c1)C(F)(F)F. The van der Waals surface area contributed by atoms with Crippen LogP contribution in [0.4, 0.5) is 17.6 Å². The Balaban J connectivity index is 2.92. The summed E-state index contributed by atoms with van der Waals surface area (Å²) in [6, 6.07) is 2.77. The second kappa shape index (κ2) is 5.30. The van der Waals surface area contributed by atoms with Gasteiger partial charge in [-0.15, -0.1) is 0 Å². The molecule has 1 aromatic rings. The zero-order valence-corrected chi connectivity index (χ0v) is 8.81. The molecule has 1 N–H and O–H groups in total. The van der Waals surface area contributed by atoms with Crippen molar-refractivity contribution in [1.82, 2.24) is 5.32 Å². The highest BCUT2D eigenvalue weighted by Gasteiger charge is 2.40. The average molecular weight is 235 g/mol. The van der Waals surface area contributed by atoms with E-state index in [1.165, 1.54) is 12.1 Å². The van der Waals surface area contributed by atoms with E-state index >= 15 is 0 Å². The third-order valence-electron chi connectivity index (χ3n) is 2.11. The van der Waals surface area contributed by atoms with E-state index in [0.717, 1.165) is 12.1 Å². The maximum Gasteiger partial charge on any atom is 0.407 e. The number of alkyl halides is 3. The minimum Gasteiger partial charge on any atom is -0.302 e. The Morgan fingerprint density at radius 1 is 1.31 bits per heavy atom. The second-order valence-corrected chi connectivity index (χ2v) is 3.48. The summed E-state index contributed by atoms with van der Waals surface area (Å²) in [5.74, 6) is -0.662. The molecule has 16 heavy (non-hydrogen) atoms. The molecule has 1 unspecified atom stereocenters. The van der Waals surface area contributed by atoms with Crippen molar-refractivity contribution in [3.8, 4) is 0 Å². The van der Waals surface area contributed by atoms with Crippen LogP contribution >= 0.6 is 0 Å². The third-order valence-corrected chi connectivity index (χ3v) is 2.11. The van der Waals surface area contributed by atoms with Gasteiger partial charge >= 0.3 is 6.18 Å². The molecule has 1 atom stereocenters. The van der Waals surface area contributed by atoms with Crippen LogP contribution in [0.2, 0.25) is 0 Å². The van der Waals surface area contributed by atoms with Gasteiger partial charge in [-0.3, -0.25) is 0 Å². The van der Waals surface area contributed by atoms with Gasteiger partial charge in [-0.25, -0.2) is 4.39 Å². The van der Waals surface area contributed by atoms with Crippen molar-refractivity contribution < 1.29 is 17.6 Å². The van der Waals surface area contributed by atoms with E-state index in [9.17, 15) is 17.6 Å². The fourth-order valence-electron chi connectivity index (χ4n) is 1.40. The van der Waals surface area contributed by atoms with Crippen LogP contribution in [0.3, 0.4) is 0 Å². The van der Waals surface area contributed by atoms with Gasteiger partial charge in [0.05, 0.1) is 0 Å². The van der Waals surface area contributed by atoms with Gasteiger partial charge in [0.1, 0.15) is 11.9 Å². The van der Waals surface area contributed by atoms with E-state index in [0.29, 0.717) is 6.42 Å². The Morgan fingerprint density at radius 2 is 2.00 bits per heavy atom. The molecule has 0 aliphatic carbocycles. The minimum absolute atomic E-state index is 0.0963. The van der Waals surface area contributed by atoms with Crippen LogP contribution in [-0.2, 0) is 0 Å². The maximum atomic E-state index is 12.8. The Labute approximate surface area is 91.5 Å². The van der Waals surface area contributed by atoms with Crippen molar-refractivity contribution in [1.29, 1.82) is 0 Å². The predicted molar refractivity (Wildman–Crippen MR) is 53.5 cm³/mol. The smallest absolute Gasteiger partial charge is 0.302 e. The van der Waals surface area contributed by atoms with Crippen LogP contribution in [0.5, 0.6) is 0 Å². The first-order chi connectivity index (χ1) is 7.45. The van der Waals surface area contributed by atoms with Crippen molar-refractivity contribution in [2.75, 3.05) is 6.54 Å². The lowest BCUT2D eigenvalue weighted by atomic mass is 10.1. The highest BCUT2D eigenvalue weighted by atomic mass is 19.4. The molecule has 1 aromatic carbocycles. The maximum absolute atomic E-state index is 12.8. The van der Waals surface area contributed by atoms with Crippen molar-refractivity contribution in [2.45, 2.75) is 25.6 Å². The summed E-state index contributed by atoms with van der Waals surface area (Å²) in [5, 5.41) is 2.36. The van der Waals surface area contributed by atoms with E-state index in [4.69, 9.17) is 0 Å². The van der Waals surface area contributed by atoms with Crippen LogP contribution < -0.4 is 5.32 Å². The molecule has 0 heterocycles. The van der Waals surface area contributed by atoms with E-state index < -0.39 is 18.0 Å². The van der Waals surface area contributed by atoms with E-state index in [2.05, 4.69) is 5.32 Å². The lowest BCUT2D eigenvalue weighted by Crippen LogP contribution is -2.34. The van der Waals surface area contributed by atoms with Gasteiger partial charge in [0.15, 0.2) is 0 Å². The standard InChI is InChI=1S/C11H13F4N/c1-2-6-16-10(11(13,14)15)8-4-3-5-9(12)7-8/h3-5,7,10,16H,2,6H2,1H3. The highest BCUT2D eigenvalue weighted by Crippen LogP contribution is 2.32. The number of hydrogen-bond donors (Lipinski definition) is 1. The third kappa shape index (κ3) is 3.48. The van der Waals surface area contributed by atoms with Gasteiger partial charge in [0.25, 0.3) is 0 Å². The number of halogens is 4. The van der Waals surface area contributed by atoms with Crippen LogP contribution in [-0.4, -0.2) is 12.7 Å². The molecule has 1 nitrogen and oxygen atoms in total. The summed E-state index contributed by atoms with van der Waals surface area (Å²) in [7, 11) is 0. The first-order valence-corrected chi connectivity index (χ1v) is 5.00. The van der Waals surface area contributed by atoms with Gasteiger partial charge in [-0.1, -0.05) is 19.1 Å². The molecule has 0 aliphatic rings. The Bertz CT molecular complexity index is 335. The Hall–Kier alpha value is -1.10. The van der Waals surface area contributed by atoms with Gasteiger partial charge in [-0.2, -0.15) is 13.2 Å². The van der Waals surface area contributed by atoms with Crippen molar-refractivity contribution >= 4 is 0 Å². The summed E-state index contributed by atoms with van der Waals surface area (Å²) in [4.78, 5) is 0. The van der Waals surface area contributed by atoms with Gasteiger partial charge in [-0.05, 0) is 30.7 Å². The van der Waals surface area contributed by atoms with Crippen LogP contribution in [0, 0.1) is 5.82 Å². The molecule has 1 rings (SSSR count). The van der Waals surface area contributed by atoms with Crippen LogP contribution in [0.1, 0.15) is 24.9 Å². The average Bonchev–Trinajstić information content (AvgIpc) is 2.16. The number of benzene rings is 1. The van der Waals surface area contributed by atoms with Gasteiger partial charge in [0, 0.05) is 0 Å². The van der Waals surface area contributed by atoms with Crippen LogP contribution in [0.15, 0.2) is 24.3 Å². The second-order valence-electron chi connectivity index (χ2n) is 3.48. The molecular weight excluding hydrogens is 222 g/mol. The quantitative estimate of drug-likeness (QED) is 0.788. The van der Waals surface area contributed by atoms with Gasteiger partial charge < -0.3 is 5.32 Å². The lowest BCUT2D eigenvalue weighted by molar-refractivity contribution is -0.157. The van der Waals surface area contributed by atoms with E-state index in [1.807, 2.05) is 0 Å². The largest absolute Gasteiger partial charge is 0.407 e. The molecule has 0 bridgehead atoms. The molecule has 0 saturated carbocycles. The summed E-state index contributed by atoms with van der Waals surface area (Å²) in [6.07, 6.45) is -3.83. The van der Waals surface area contributed by atoms with E-state index in [-0.39, 0.29) is 12.1 Å². The zero-order chi connectivity index (χ0) is 12.2. The molecule has 0 aromatic heterocycles. The molecule has 0 saturated heterocycles. The van der Waals surface area contributed by atoms with E-state index in [1.54, 1.807) is 6.92 Å². The first kappa shape index (κ1) is 13.0. The molecule has 5 heteroatoms.